The topological polar surface area (TPSA) is 19.9 Å². The molecule has 0 bridgehead atoms. The normalized spacial score (nSPS) is 12.1. The van der Waals surface area contributed by atoms with E-state index in [4.69, 9.17) is 4.65 Å². The molecule has 0 amide bonds. The summed E-state index contributed by atoms with van der Waals surface area (Å²) in [6.45, 7) is 18.3. The van der Waals surface area contributed by atoms with Crippen LogP contribution in [0.1, 0.15) is 41.5 Å². The van der Waals surface area contributed by atoms with Crippen LogP contribution in [0.5, 0.6) is 0 Å². The molecule has 1 saturated carbocycles. The predicted molar refractivity (Wildman–Crippen MR) is 101 cm³/mol. The van der Waals surface area contributed by atoms with Crippen LogP contribution in [0, 0.1) is 38.8 Å². The molecular weight excluding hydrogens is 347 g/mol. The molecule has 0 atom stereocenters. The Hall–Kier alpha value is 0.906. The second kappa shape index (κ2) is 29.9. The van der Waals surface area contributed by atoms with Crippen LogP contribution in [0.15, 0.2) is 0 Å². The largest absolute Gasteiger partial charge is 0.0312 e. The minimum Gasteiger partial charge on any atom is -0.0312 e. The van der Waals surface area contributed by atoms with Crippen molar-refractivity contribution >= 4 is 16.7 Å². The standard InChI is InChI=1S/C6H15P.C6H15Si.C5H5.CO.Fe/c2*1-4-7(5-2)6-3;1-2-4-5-3-1;1-2;/h2*4-6H2,1-3H3;1-5H;;. The fourth-order valence-corrected chi connectivity index (χ4v) is 4.58. The molecule has 22 heavy (non-hydrogen) atoms. The van der Waals surface area contributed by atoms with Crippen molar-refractivity contribution in [2.75, 3.05) is 18.5 Å². The van der Waals surface area contributed by atoms with E-state index in [2.05, 4.69) is 48.2 Å². The van der Waals surface area contributed by atoms with Gasteiger partial charge in [0, 0.05) is 25.9 Å². The summed E-state index contributed by atoms with van der Waals surface area (Å²) in [5.41, 5.74) is 0. The average molecular weight is 382 g/mol. The maximum absolute atomic E-state index is 7.50. The summed E-state index contributed by atoms with van der Waals surface area (Å²) in [6, 6.07) is 4.37. The zero-order chi connectivity index (χ0) is 16.9. The molecule has 4 heteroatoms. The van der Waals surface area contributed by atoms with Gasteiger partial charge in [0.05, 0.1) is 0 Å². The van der Waals surface area contributed by atoms with Crippen molar-refractivity contribution in [2.24, 2.45) is 0 Å². The van der Waals surface area contributed by atoms with Crippen molar-refractivity contribution in [1.29, 1.82) is 0 Å². The van der Waals surface area contributed by atoms with Crippen LogP contribution in [-0.4, -0.2) is 27.3 Å². The molecule has 0 aliphatic heterocycles. The van der Waals surface area contributed by atoms with E-state index in [9.17, 15) is 0 Å². The second-order valence-electron chi connectivity index (χ2n) is 4.39. The van der Waals surface area contributed by atoms with Gasteiger partial charge in [-0.3, -0.25) is 0 Å². The summed E-state index contributed by atoms with van der Waals surface area (Å²) < 4.78 is 7.50. The monoisotopic (exact) mass is 382 g/mol. The van der Waals surface area contributed by atoms with E-state index >= 15 is 0 Å². The van der Waals surface area contributed by atoms with Gasteiger partial charge in [0.15, 0.2) is 0 Å². The third-order valence-corrected chi connectivity index (χ3v) is 9.08. The van der Waals surface area contributed by atoms with Crippen molar-refractivity contribution in [3.05, 3.63) is 38.8 Å². The molecule has 6 radical (unpaired) electrons. The molecule has 1 aliphatic rings. The Balaban J connectivity index is -0.000000103. The van der Waals surface area contributed by atoms with Crippen LogP contribution in [0.3, 0.4) is 0 Å². The first-order valence-electron chi connectivity index (χ1n) is 8.12. The van der Waals surface area contributed by atoms with Crippen LogP contribution in [0.4, 0.5) is 0 Å². The van der Waals surface area contributed by atoms with Crippen LogP contribution in [0.2, 0.25) is 18.1 Å². The van der Waals surface area contributed by atoms with Crippen molar-refractivity contribution in [1.82, 2.24) is 0 Å². The smallest absolute Gasteiger partial charge is 0 e. The summed E-state index contributed by atoms with van der Waals surface area (Å²) >= 11 is 0. The van der Waals surface area contributed by atoms with Gasteiger partial charge in [-0.25, -0.2) is 0 Å². The van der Waals surface area contributed by atoms with Gasteiger partial charge in [0.2, 0.25) is 0 Å². The van der Waals surface area contributed by atoms with Gasteiger partial charge in [-0.1, -0.05) is 59.7 Å². The number of hydrogen-bond donors (Lipinski definition) is 0. The fourth-order valence-electron chi connectivity index (χ4n) is 1.74. The molecular formula is C18H35FeOPSi. The molecule has 1 fully saturated rings. The van der Waals surface area contributed by atoms with E-state index in [1.54, 1.807) is 0 Å². The average Bonchev–Trinajstić information content (AvgIpc) is 3.13. The summed E-state index contributed by atoms with van der Waals surface area (Å²) in [5, 5.41) is 0. The Bertz CT molecular complexity index is 149. The summed E-state index contributed by atoms with van der Waals surface area (Å²) in [6.07, 6.45) is 14.3. The molecule has 130 valence electrons. The quantitative estimate of drug-likeness (QED) is 0.231. The fraction of sp³-hybridized carbons (Fsp3) is 0.667. The molecule has 0 saturated heterocycles. The van der Waals surface area contributed by atoms with Gasteiger partial charge in [0.1, 0.15) is 0 Å². The van der Waals surface area contributed by atoms with Gasteiger partial charge >= 0.3 is 11.3 Å². The zero-order valence-electron chi connectivity index (χ0n) is 15.3. The maximum Gasteiger partial charge on any atom is 0 e. The summed E-state index contributed by atoms with van der Waals surface area (Å²) in [4.78, 5) is 0. The zero-order valence-corrected chi connectivity index (χ0v) is 18.3. The molecule has 0 spiro atoms. The van der Waals surface area contributed by atoms with E-state index < -0.39 is 0 Å². The van der Waals surface area contributed by atoms with Crippen molar-refractivity contribution in [2.45, 2.75) is 59.7 Å². The van der Waals surface area contributed by atoms with Gasteiger partial charge in [0.25, 0.3) is 0 Å². The van der Waals surface area contributed by atoms with E-state index in [0.29, 0.717) is 7.92 Å². The van der Waals surface area contributed by atoms with Crippen molar-refractivity contribution in [3.8, 4) is 0 Å². The van der Waals surface area contributed by atoms with E-state index in [1.807, 2.05) is 32.1 Å². The summed E-state index contributed by atoms with van der Waals surface area (Å²) in [7, 11) is 0.583. The van der Waals surface area contributed by atoms with Crippen molar-refractivity contribution in [3.63, 3.8) is 0 Å². The van der Waals surface area contributed by atoms with Gasteiger partial charge in [-0.05, 0) is 50.6 Å². The van der Waals surface area contributed by atoms with E-state index in [0.717, 1.165) is 0 Å². The maximum atomic E-state index is 7.50. The van der Waals surface area contributed by atoms with Crippen LogP contribution in [-0.2, 0) is 21.7 Å². The number of rotatable bonds is 6. The van der Waals surface area contributed by atoms with Gasteiger partial charge in [-0.2, -0.15) is 0 Å². The molecule has 0 aromatic rings. The molecule has 0 unspecified atom stereocenters. The SMILES string of the molecule is CCP(CC)CC.CC[Si](CC)CC.[C-]#[O+].[CH]1[CH][CH][CH][CH]1.[Fe]. The third kappa shape index (κ3) is 25.8. The Morgan fingerprint density at radius 3 is 0.955 bits per heavy atom. The molecule has 0 heterocycles. The molecule has 0 aromatic carbocycles. The van der Waals surface area contributed by atoms with Gasteiger partial charge < -0.3 is 0 Å². The van der Waals surface area contributed by atoms with Crippen LogP contribution >= 0.6 is 7.92 Å². The predicted octanol–water partition coefficient (Wildman–Crippen LogP) is 6.05. The molecule has 1 rings (SSSR count). The minimum absolute atomic E-state index is 0. The van der Waals surface area contributed by atoms with Crippen LogP contribution in [0.25, 0.3) is 0 Å². The van der Waals surface area contributed by atoms with Crippen molar-refractivity contribution < 1.29 is 21.7 Å². The second-order valence-corrected chi connectivity index (χ2v) is 11.3. The first-order valence-corrected chi connectivity index (χ1v) is 12.1. The Morgan fingerprint density at radius 1 is 0.682 bits per heavy atom. The first kappa shape index (κ1) is 30.8. The molecule has 0 N–H and O–H groups in total. The van der Waals surface area contributed by atoms with Crippen LogP contribution < -0.4 is 0 Å². The van der Waals surface area contributed by atoms with E-state index in [1.165, 1.54) is 36.6 Å². The minimum atomic E-state index is 0. The third-order valence-electron chi connectivity index (χ3n) is 3.40. The molecule has 1 aliphatic carbocycles. The molecule has 0 aromatic heterocycles. The Morgan fingerprint density at radius 2 is 0.909 bits per heavy atom. The summed E-state index contributed by atoms with van der Waals surface area (Å²) in [5.74, 6) is 0. The Kier molecular flexibility index (Phi) is 41.7. The molecule has 1 nitrogen and oxygen atoms in total. The van der Waals surface area contributed by atoms with Gasteiger partial charge in [-0.15, -0.1) is 7.92 Å². The number of hydrogen-bond acceptors (Lipinski definition) is 0. The van der Waals surface area contributed by atoms with E-state index in [-0.39, 0.29) is 25.9 Å². The Labute approximate surface area is 155 Å². The first-order chi connectivity index (χ1) is 10.2.